The van der Waals surface area contributed by atoms with E-state index in [0.717, 1.165) is 47.1 Å². The minimum Gasteiger partial charge on any atom is -0.497 e. The second-order valence-electron chi connectivity index (χ2n) is 15.8. The molecule has 5 atom stereocenters. The van der Waals surface area contributed by atoms with Gasteiger partial charge < -0.3 is 35.0 Å². The molecule has 0 aliphatic carbocycles. The summed E-state index contributed by atoms with van der Waals surface area (Å²) in [7, 11) is -0.886. The molecule has 0 unspecified atom stereocenters. The zero-order chi connectivity index (χ0) is 39.6. The summed E-state index contributed by atoms with van der Waals surface area (Å²) in [6, 6.07) is 30.8. The molecule has 0 radical (unpaired) electrons. The third-order valence-electron chi connectivity index (χ3n) is 12.1. The van der Waals surface area contributed by atoms with Crippen molar-refractivity contribution in [2.75, 3.05) is 37.0 Å². The highest BCUT2D eigenvalue weighted by Crippen LogP contribution is 2.60. The van der Waals surface area contributed by atoms with Crippen LogP contribution in [-0.2, 0) is 37.8 Å². The Labute approximate surface area is 335 Å². The molecule has 3 N–H and O–H groups in total. The van der Waals surface area contributed by atoms with E-state index in [4.69, 9.17) is 21.1 Å². The number of nitrogens with zero attached hydrogens (tertiary/aromatic N) is 2. The molecule has 0 bridgehead atoms. The molecule has 2 fully saturated rings. The van der Waals surface area contributed by atoms with Gasteiger partial charge in [-0.3, -0.25) is 14.4 Å². The summed E-state index contributed by atoms with van der Waals surface area (Å²) >= 11 is 6.71. The molecule has 294 valence electrons. The van der Waals surface area contributed by atoms with Crippen LogP contribution in [0.5, 0.6) is 5.75 Å². The van der Waals surface area contributed by atoms with Gasteiger partial charge in [-0.2, -0.15) is 0 Å². The number of methoxy groups -OCH3 is 1. The summed E-state index contributed by atoms with van der Waals surface area (Å²) in [5, 5.41) is 17.9. The first kappa shape index (κ1) is 39.7. The van der Waals surface area contributed by atoms with Gasteiger partial charge >= 0.3 is 0 Å². The topological polar surface area (TPSA) is 120 Å². The van der Waals surface area contributed by atoms with E-state index >= 15 is 4.79 Å². The van der Waals surface area contributed by atoms with Crippen molar-refractivity contribution in [3.63, 3.8) is 0 Å². The van der Waals surface area contributed by atoms with Gasteiger partial charge in [-0.15, -0.1) is 0 Å². The molecule has 1 spiro atoms. The Kier molecular flexibility index (Phi) is 11.7. The number of carbonyl (C=O) groups is 3. The number of nitrogens with one attached hydrogen (secondary N) is 2. The molecule has 4 aromatic carbocycles. The molecule has 3 aliphatic rings. The minimum absolute atomic E-state index is 0.0446. The molecule has 3 heterocycles. The summed E-state index contributed by atoms with van der Waals surface area (Å²) < 4.78 is 12.7. The third kappa shape index (κ3) is 7.63. The standard InChI is InChI=1S/C44H51ClN4O6Si/c1-29-41(56(3,4)35-19-17-34(54-2)18-20-35)39(26-40(51)48(23-24-50)27-30-9-6-5-7-10-30)55-44(29)36-25-32(45)14-21-38(36)49(43(44)53)28-31-12-15-33(16-13-31)47-42(52)37-11-8-22-46-37/h5-7,9-10,12-21,25,29,37,39,41,46,50H,8,11,22-24,26-28H2,1-4H3,(H,47,52)/t29-,37-,39+,41-,44+/m1/s1. The number of fused-ring (bicyclic) bond motifs is 2. The van der Waals surface area contributed by atoms with Crippen LogP contribution in [0.15, 0.2) is 97.1 Å². The second kappa shape index (κ2) is 16.5. The highest BCUT2D eigenvalue weighted by molar-refractivity contribution is 6.91. The Morgan fingerprint density at radius 3 is 2.43 bits per heavy atom. The van der Waals surface area contributed by atoms with Crippen LogP contribution in [0.4, 0.5) is 11.4 Å². The van der Waals surface area contributed by atoms with E-state index in [1.165, 1.54) is 0 Å². The Morgan fingerprint density at radius 1 is 1.04 bits per heavy atom. The summed E-state index contributed by atoms with van der Waals surface area (Å²) in [5.74, 6) is 0.0351. The van der Waals surface area contributed by atoms with Gasteiger partial charge in [0.2, 0.25) is 11.8 Å². The molecule has 10 nitrogen and oxygen atoms in total. The van der Waals surface area contributed by atoms with Crippen LogP contribution in [0.1, 0.15) is 42.9 Å². The molecule has 56 heavy (non-hydrogen) atoms. The molecular formula is C44H51ClN4O6Si. The number of hydrogen-bond acceptors (Lipinski definition) is 7. The fraction of sp³-hybridized carbons (Fsp3) is 0.386. The van der Waals surface area contributed by atoms with Crippen molar-refractivity contribution in [2.45, 2.75) is 75.7 Å². The minimum atomic E-state index is -2.53. The van der Waals surface area contributed by atoms with Crippen molar-refractivity contribution in [1.82, 2.24) is 10.2 Å². The third-order valence-corrected chi connectivity index (χ3v) is 16.6. The van der Waals surface area contributed by atoms with Crippen LogP contribution in [0.2, 0.25) is 23.7 Å². The van der Waals surface area contributed by atoms with Gasteiger partial charge in [-0.25, -0.2) is 0 Å². The maximum Gasteiger partial charge on any atom is 0.264 e. The van der Waals surface area contributed by atoms with Gasteiger partial charge in [-0.05, 0) is 78.5 Å². The summed E-state index contributed by atoms with van der Waals surface area (Å²) in [6.07, 6.45) is 1.23. The Balaban J connectivity index is 1.23. The Morgan fingerprint density at radius 2 is 1.77 bits per heavy atom. The fourth-order valence-corrected chi connectivity index (χ4v) is 13.4. The van der Waals surface area contributed by atoms with Crippen molar-refractivity contribution in [3.8, 4) is 5.75 Å². The highest BCUT2D eigenvalue weighted by Gasteiger charge is 2.66. The predicted octanol–water partition coefficient (Wildman–Crippen LogP) is 6.21. The lowest BCUT2D eigenvalue weighted by atomic mass is 9.82. The van der Waals surface area contributed by atoms with Crippen molar-refractivity contribution < 1.29 is 29.0 Å². The van der Waals surface area contributed by atoms with Gasteiger partial charge in [0.05, 0.1) is 52.6 Å². The molecule has 0 aromatic heterocycles. The average molecular weight is 795 g/mol. The first-order valence-electron chi connectivity index (χ1n) is 19.5. The fourth-order valence-electron chi connectivity index (χ4n) is 9.17. The van der Waals surface area contributed by atoms with Gasteiger partial charge in [0.1, 0.15) is 5.75 Å². The summed E-state index contributed by atoms with van der Waals surface area (Å²) in [5.41, 5.74) is 2.40. The van der Waals surface area contributed by atoms with Crippen molar-refractivity contribution in [3.05, 3.63) is 119 Å². The number of carbonyl (C=O) groups excluding carboxylic acids is 3. The van der Waals surface area contributed by atoms with Crippen molar-refractivity contribution in [1.29, 1.82) is 0 Å². The molecular weight excluding hydrogens is 744 g/mol. The Bertz CT molecular complexity index is 2040. The van der Waals surface area contributed by atoms with Crippen LogP contribution >= 0.6 is 11.6 Å². The lowest BCUT2D eigenvalue weighted by Crippen LogP contribution is -2.52. The van der Waals surface area contributed by atoms with Crippen molar-refractivity contribution in [2.24, 2.45) is 5.92 Å². The average Bonchev–Trinajstić information content (AvgIpc) is 3.90. The number of rotatable bonds is 13. The molecule has 4 aromatic rings. The lowest BCUT2D eigenvalue weighted by Gasteiger charge is -2.37. The van der Waals surface area contributed by atoms with Gasteiger partial charge in [0.15, 0.2) is 5.60 Å². The number of aliphatic hydroxyl groups excluding tert-OH is 1. The first-order chi connectivity index (χ1) is 27.0. The zero-order valence-corrected chi connectivity index (χ0v) is 34.2. The Hall–Kier alpha value is -4.52. The summed E-state index contributed by atoms with van der Waals surface area (Å²) in [6.45, 7) is 8.12. The van der Waals surface area contributed by atoms with E-state index in [0.29, 0.717) is 22.8 Å². The number of anilines is 2. The molecule has 0 saturated carbocycles. The normalized spacial score (nSPS) is 23.0. The number of benzene rings is 4. The molecule has 7 rings (SSSR count). The molecule has 3 amide bonds. The molecule has 3 aliphatic heterocycles. The van der Waals surface area contributed by atoms with Crippen LogP contribution in [0.3, 0.4) is 0 Å². The van der Waals surface area contributed by atoms with Gasteiger partial charge in [0.25, 0.3) is 5.91 Å². The van der Waals surface area contributed by atoms with Gasteiger partial charge in [-0.1, -0.05) is 91.4 Å². The van der Waals surface area contributed by atoms with E-state index in [9.17, 15) is 14.7 Å². The van der Waals surface area contributed by atoms with Gasteiger partial charge in [0, 0.05) is 35.3 Å². The van der Waals surface area contributed by atoms with Crippen molar-refractivity contribution >= 4 is 54.0 Å². The van der Waals surface area contributed by atoms with Crippen LogP contribution < -0.4 is 25.5 Å². The van der Waals surface area contributed by atoms with E-state index in [1.54, 1.807) is 23.0 Å². The van der Waals surface area contributed by atoms with E-state index in [1.807, 2.05) is 78.9 Å². The van der Waals surface area contributed by atoms with Crippen LogP contribution in [0.25, 0.3) is 0 Å². The van der Waals surface area contributed by atoms with Crippen LogP contribution in [-0.4, -0.2) is 74.8 Å². The summed E-state index contributed by atoms with van der Waals surface area (Å²) in [4.78, 5) is 45.8. The number of halogens is 1. The zero-order valence-electron chi connectivity index (χ0n) is 32.5. The highest BCUT2D eigenvalue weighted by atomic mass is 35.5. The maximum absolute atomic E-state index is 15.2. The van der Waals surface area contributed by atoms with Crippen LogP contribution in [0, 0.1) is 5.92 Å². The second-order valence-corrected chi connectivity index (χ2v) is 20.9. The SMILES string of the molecule is COc1ccc([Si](C)(C)[C@H]2[C@H](CC(=O)N(CCO)Cc3ccccc3)O[C@@]3(C(=O)N(Cc4ccc(NC(=O)[C@H]5CCCN5)cc4)c4ccc(Cl)cc43)[C@@H]2C)cc1. The van der Waals surface area contributed by atoms with E-state index < -0.39 is 19.8 Å². The molecule has 2 saturated heterocycles. The van der Waals surface area contributed by atoms with E-state index in [2.05, 4.69) is 42.8 Å². The monoisotopic (exact) mass is 794 g/mol. The van der Waals surface area contributed by atoms with E-state index in [-0.39, 0.29) is 61.3 Å². The quantitative estimate of drug-likeness (QED) is 0.138. The number of aliphatic hydroxyl groups is 1. The smallest absolute Gasteiger partial charge is 0.264 e. The maximum atomic E-state index is 15.2. The number of amides is 3. The first-order valence-corrected chi connectivity index (χ1v) is 22.9. The predicted molar refractivity (Wildman–Crippen MR) is 222 cm³/mol. The number of hydrogen-bond donors (Lipinski definition) is 3. The number of ether oxygens (including phenoxy) is 2. The largest absolute Gasteiger partial charge is 0.497 e. The molecule has 12 heteroatoms. The lowest BCUT2D eigenvalue weighted by molar-refractivity contribution is -0.150.